The van der Waals surface area contributed by atoms with Gasteiger partial charge in [0.1, 0.15) is 5.82 Å². The maximum atomic E-state index is 13.5. The van der Waals surface area contributed by atoms with Gasteiger partial charge in [-0.3, -0.25) is 0 Å². The summed E-state index contributed by atoms with van der Waals surface area (Å²) in [4.78, 5) is 1.47. The lowest BCUT2D eigenvalue weighted by Crippen LogP contribution is -1.89. The zero-order valence-corrected chi connectivity index (χ0v) is 10.3. The van der Waals surface area contributed by atoms with Crippen LogP contribution in [0.3, 0.4) is 0 Å². The van der Waals surface area contributed by atoms with Crippen molar-refractivity contribution in [1.82, 2.24) is 0 Å². The first-order chi connectivity index (χ1) is 8.20. The molecule has 0 aliphatic heterocycles. The molecule has 1 nitrogen and oxygen atoms in total. The van der Waals surface area contributed by atoms with E-state index in [1.807, 2.05) is 25.1 Å². The van der Waals surface area contributed by atoms with E-state index in [-0.39, 0.29) is 12.4 Å². The Labute approximate surface area is 104 Å². The molecular formula is C14H13FOS. The molecule has 0 atom stereocenters. The standard InChI is InChI=1S/C14H13FOS/c1-10-6-7-13(11(8-10)9-16)17-14-5-3-2-4-12(14)15/h2-8,16H,9H2,1H3. The lowest BCUT2D eigenvalue weighted by molar-refractivity contribution is 0.279. The number of aliphatic hydroxyl groups excluding tert-OH is 1. The summed E-state index contributed by atoms with van der Waals surface area (Å²) in [6, 6.07) is 12.4. The number of halogens is 1. The zero-order chi connectivity index (χ0) is 12.3. The Balaban J connectivity index is 2.33. The number of aryl methyl sites for hydroxylation is 1. The van der Waals surface area contributed by atoms with E-state index in [4.69, 9.17) is 0 Å². The summed E-state index contributed by atoms with van der Waals surface area (Å²) in [5.41, 5.74) is 1.92. The van der Waals surface area contributed by atoms with E-state index in [1.165, 1.54) is 17.8 Å². The van der Waals surface area contributed by atoms with Crippen molar-refractivity contribution in [1.29, 1.82) is 0 Å². The third kappa shape index (κ3) is 2.87. The van der Waals surface area contributed by atoms with E-state index in [0.717, 1.165) is 16.0 Å². The van der Waals surface area contributed by atoms with Gasteiger partial charge in [0, 0.05) is 9.79 Å². The number of rotatable bonds is 3. The van der Waals surface area contributed by atoms with E-state index in [9.17, 15) is 9.50 Å². The minimum atomic E-state index is -0.234. The average Bonchev–Trinajstić information content (AvgIpc) is 2.34. The first kappa shape index (κ1) is 12.1. The van der Waals surface area contributed by atoms with E-state index in [0.29, 0.717) is 4.90 Å². The van der Waals surface area contributed by atoms with Crippen molar-refractivity contribution in [3.63, 3.8) is 0 Å². The highest BCUT2D eigenvalue weighted by Crippen LogP contribution is 2.32. The molecule has 0 aliphatic rings. The molecule has 88 valence electrons. The molecule has 0 fully saturated rings. The smallest absolute Gasteiger partial charge is 0.137 e. The second kappa shape index (κ2) is 5.34. The zero-order valence-electron chi connectivity index (χ0n) is 9.48. The first-order valence-corrected chi connectivity index (χ1v) is 6.15. The van der Waals surface area contributed by atoms with Crippen molar-refractivity contribution in [2.45, 2.75) is 23.3 Å². The van der Waals surface area contributed by atoms with Gasteiger partial charge in [0.05, 0.1) is 6.61 Å². The summed E-state index contributed by atoms with van der Waals surface area (Å²) in [5, 5.41) is 9.28. The van der Waals surface area contributed by atoms with Crippen LogP contribution in [0, 0.1) is 12.7 Å². The van der Waals surface area contributed by atoms with Crippen LogP contribution in [0.5, 0.6) is 0 Å². The van der Waals surface area contributed by atoms with Crippen molar-refractivity contribution < 1.29 is 9.50 Å². The maximum Gasteiger partial charge on any atom is 0.137 e. The third-order valence-electron chi connectivity index (χ3n) is 2.44. The fraction of sp³-hybridized carbons (Fsp3) is 0.143. The number of aliphatic hydroxyl groups is 1. The SMILES string of the molecule is Cc1ccc(Sc2ccccc2F)c(CO)c1. The third-order valence-corrected chi connectivity index (χ3v) is 3.61. The summed E-state index contributed by atoms with van der Waals surface area (Å²) in [7, 11) is 0. The minimum absolute atomic E-state index is 0.0293. The Kier molecular flexibility index (Phi) is 3.82. The van der Waals surface area contributed by atoms with Crippen LogP contribution < -0.4 is 0 Å². The van der Waals surface area contributed by atoms with Crippen LogP contribution in [0.4, 0.5) is 4.39 Å². The van der Waals surface area contributed by atoms with Crippen molar-refractivity contribution >= 4 is 11.8 Å². The molecule has 0 bridgehead atoms. The maximum absolute atomic E-state index is 13.5. The second-order valence-electron chi connectivity index (χ2n) is 3.80. The van der Waals surface area contributed by atoms with Crippen LogP contribution >= 0.6 is 11.8 Å². The van der Waals surface area contributed by atoms with Gasteiger partial charge in [-0.05, 0) is 30.7 Å². The summed E-state index contributed by atoms with van der Waals surface area (Å²) < 4.78 is 13.5. The molecule has 0 heterocycles. The summed E-state index contributed by atoms with van der Waals surface area (Å²) in [6.45, 7) is 1.94. The molecule has 2 aromatic carbocycles. The summed E-state index contributed by atoms with van der Waals surface area (Å²) in [6.07, 6.45) is 0. The van der Waals surface area contributed by atoms with Crippen LogP contribution in [-0.4, -0.2) is 5.11 Å². The highest BCUT2D eigenvalue weighted by atomic mass is 32.2. The highest BCUT2D eigenvalue weighted by Gasteiger charge is 2.07. The Morgan fingerprint density at radius 3 is 2.59 bits per heavy atom. The summed E-state index contributed by atoms with van der Waals surface area (Å²) in [5.74, 6) is -0.234. The minimum Gasteiger partial charge on any atom is -0.392 e. The molecule has 0 radical (unpaired) electrons. The van der Waals surface area contributed by atoms with Crippen molar-refractivity contribution in [3.05, 3.63) is 59.4 Å². The van der Waals surface area contributed by atoms with Crippen molar-refractivity contribution in [2.24, 2.45) is 0 Å². The first-order valence-electron chi connectivity index (χ1n) is 5.33. The average molecular weight is 248 g/mol. The molecule has 0 aliphatic carbocycles. The molecule has 0 saturated heterocycles. The number of benzene rings is 2. The molecule has 17 heavy (non-hydrogen) atoms. The van der Waals surface area contributed by atoms with E-state index in [2.05, 4.69) is 0 Å². The van der Waals surface area contributed by atoms with Crippen LogP contribution in [0.2, 0.25) is 0 Å². The Morgan fingerprint density at radius 1 is 1.12 bits per heavy atom. The predicted octanol–water partition coefficient (Wildman–Crippen LogP) is 3.78. The largest absolute Gasteiger partial charge is 0.392 e. The summed E-state index contributed by atoms with van der Waals surface area (Å²) >= 11 is 1.34. The molecule has 1 N–H and O–H groups in total. The predicted molar refractivity (Wildman–Crippen MR) is 67.6 cm³/mol. The van der Waals surface area contributed by atoms with Gasteiger partial charge in [-0.15, -0.1) is 0 Å². The Hall–Kier alpha value is -1.32. The van der Waals surface area contributed by atoms with Gasteiger partial charge in [-0.1, -0.05) is 41.6 Å². The quantitative estimate of drug-likeness (QED) is 0.892. The lowest BCUT2D eigenvalue weighted by Gasteiger charge is -2.08. The van der Waals surface area contributed by atoms with Crippen LogP contribution in [0.25, 0.3) is 0 Å². The van der Waals surface area contributed by atoms with Gasteiger partial charge < -0.3 is 5.11 Å². The monoisotopic (exact) mass is 248 g/mol. The molecule has 0 aromatic heterocycles. The number of hydrogen-bond donors (Lipinski definition) is 1. The second-order valence-corrected chi connectivity index (χ2v) is 4.89. The van der Waals surface area contributed by atoms with Gasteiger partial charge in [-0.25, -0.2) is 4.39 Å². The van der Waals surface area contributed by atoms with E-state index in [1.54, 1.807) is 18.2 Å². The van der Waals surface area contributed by atoms with E-state index < -0.39 is 0 Å². The van der Waals surface area contributed by atoms with Gasteiger partial charge in [0.15, 0.2) is 0 Å². The highest BCUT2D eigenvalue weighted by molar-refractivity contribution is 7.99. The number of hydrogen-bond acceptors (Lipinski definition) is 2. The lowest BCUT2D eigenvalue weighted by atomic mass is 10.1. The van der Waals surface area contributed by atoms with Crippen LogP contribution in [0.1, 0.15) is 11.1 Å². The van der Waals surface area contributed by atoms with E-state index >= 15 is 0 Å². The van der Waals surface area contributed by atoms with Crippen molar-refractivity contribution in [2.75, 3.05) is 0 Å². The molecule has 0 spiro atoms. The fourth-order valence-electron chi connectivity index (χ4n) is 1.58. The van der Waals surface area contributed by atoms with Gasteiger partial charge in [0.25, 0.3) is 0 Å². The molecule has 3 heteroatoms. The van der Waals surface area contributed by atoms with Crippen LogP contribution in [-0.2, 0) is 6.61 Å². The van der Waals surface area contributed by atoms with Crippen LogP contribution in [0.15, 0.2) is 52.3 Å². The van der Waals surface area contributed by atoms with Crippen molar-refractivity contribution in [3.8, 4) is 0 Å². The topological polar surface area (TPSA) is 20.2 Å². The van der Waals surface area contributed by atoms with Gasteiger partial charge in [0.2, 0.25) is 0 Å². The molecule has 0 saturated carbocycles. The normalized spacial score (nSPS) is 10.5. The molecular weight excluding hydrogens is 235 g/mol. The molecule has 0 amide bonds. The molecule has 2 aromatic rings. The molecule has 0 unspecified atom stereocenters. The molecule has 2 rings (SSSR count). The Morgan fingerprint density at radius 2 is 1.88 bits per heavy atom. The van der Waals surface area contributed by atoms with Gasteiger partial charge in [-0.2, -0.15) is 0 Å². The fourth-order valence-corrected chi connectivity index (χ4v) is 2.52. The Bertz CT molecular complexity index is 525. The van der Waals surface area contributed by atoms with Gasteiger partial charge >= 0.3 is 0 Å².